The van der Waals surface area contributed by atoms with Crippen molar-refractivity contribution in [2.45, 2.75) is 38.5 Å². The second kappa shape index (κ2) is 13.5. The first-order chi connectivity index (χ1) is 30.3. The highest BCUT2D eigenvalue weighted by atomic mass is 15.1. The van der Waals surface area contributed by atoms with Crippen LogP contribution >= 0.6 is 0 Å². The van der Waals surface area contributed by atoms with Crippen LogP contribution in [0.15, 0.2) is 206 Å². The molecule has 0 radical (unpaired) electrons. The molecule has 0 unspecified atom stereocenters. The lowest BCUT2D eigenvalue weighted by Crippen LogP contribution is -2.15. The lowest BCUT2D eigenvalue weighted by molar-refractivity contribution is 0.660. The maximum atomic E-state index is 2.49. The quantitative estimate of drug-likeness (QED) is 0.163. The van der Waals surface area contributed by atoms with Gasteiger partial charge in [0, 0.05) is 44.2 Å². The predicted molar refractivity (Wildman–Crippen MR) is 261 cm³/mol. The van der Waals surface area contributed by atoms with E-state index in [4.69, 9.17) is 0 Å². The van der Waals surface area contributed by atoms with Gasteiger partial charge in [-0.25, -0.2) is 0 Å². The molecule has 1 aromatic heterocycles. The summed E-state index contributed by atoms with van der Waals surface area (Å²) in [5, 5.41) is 2.48. The Morgan fingerprint density at radius 2 is 0.935 bits per heavy atom. The van der Waals surface area contributed by atoms with Crippen LogP contribution in [0.5, 0.6) is 0 Å². The van der Waals surface area contributed by atoms with Gasteiger partial charge in [-0.1, -0.05) is 179 Å². The Morgan fingerprint density at radius 3 is 1.77 bits per heavy atom. The molecule has 0 N–H and O–H groups in total. The topological polar surface area (TPSA) is 8.17 Å². The van der Waals surface area contributed by atoms with Gasteiger partial charge < -0.3 is 9.47 Å². The van der Waals surface area contributed by atoms with Gasteiger partial charge >= 0.3 is 0 Å². The van der Waals surface area contributed by atoms with Crippen LogP contribution in [0.1, 0.15) is 49.9 Å². The fourth-order valence-corrected chi connectivity index (χ4v) is 11.0. The molecular weight excluding hydrogens is 749 g/mol. The third-order valence-corrected chi connectivity index (χ3v) is 14.0. The molecule has 9 aromatic carbocycles. The summed E-state index contributed by atoms with van der Waals surface area (Å²) in [6.07, 6.45) is 0. The minimum absolute atomic E-state index is 0.0407. The number of anilines is 3. The van der Waals surface area contributed by atoms with Gasteiger partial charge in [-0.05, 0) is 116 Å². The van der Waals surface area contributed by atoms with Crippen molar-refractivity contribution in [3.63, 3.8) is 0 Å². The summed E-state index contributed by atoms with van der Waals surface area (Å²) in [6.45, 7) is 9.43. The maximum absolute atomic E-state index is 2.49. The molecule has 62 heavy (non-hydrogen) atoms. The summed E-state index contributed by atoms with van der Waals surface area (Å²) >= 11 is 0. The zero-order valence-corrected chi connectivity index (χ0v) is 35.5. The van der Waals surface area contributed by atoms with E-state index in [1.807, 2.05) is 0 Å². The molecule has 2 aliphatic carbocycles. The number of hydrogen-bond acceptors (Lipinski definition) is 1. The van der Waals surface area contributed by atoms with Crippen LogP contribution in [-0.4, -0.2) is 4.57 Å². The molecule has 0 fully saturated rings. The average molecular weight is 795 g/mol. The molecular formula is C60H46N2. The average Bonchev–Trinajstić information content (AvgIpc) is 3.86. The monoisotopic (exact) mass is 794 g/mol. The molecule has 2 aliphatic rings. The van der Waals surface area contributed by atoms with Gasteiger partial charge in [0.15, 0.2) is 0 Å². The van der Waals surface area contributed by atoms with E-state index in [1.165, 1.54) is 88.6 Å². The van der Waals surface area contributed by atoms with Gasteiger partial charge in [-0.2, -0.15) is 0 Å². The van der Waals surface area contributed by atoms with Crippen LogP contribution < -0.4 is 4.90 Å². The molecule has 296 valence electrons. The lowest BCUT2D eigenvalue weighted by atomic mass is 9.82. The van der Waals surface area contributed by atoms with Crippen LogP contribution in [-0.2, 0) is 10.8 Å². The molecule has 2 nitrogen and oxygen atoms in total. The fourth-order valence-electron chi connectivity index (χ4n) is 11.0. The molecule has 0 bridgehead atoms. The third-order valence-electron chi connectivity index (χ3n) is 14.0. The van der Waals surface area contributed by atoms with Crippen molar-refractivity contribution < 1.29 is 0 Å². The summed E-state index contributed by atoms with van der Waals surface area (Å²) in [7, 11) is 0. The Bertz CT molecular complexity index is 3420. The molecule has 0 atom stereocenters. The highest BCUT2D eigenvalue weighted by Gasteiger charge is 2.38. The minimum atomic E-state index is -0.105. The summed E-state index contributed by atoms with van der Waals surface area (Å²) in [5.41, 5.74) is 22.4. The number of aromatic nitrogens is 1. The van der Waals surface area contributed by atoms with Gasteiger partial charge in [-0.15, -0.1) is 0 Å². The van der Waals surface area contributed by atoms with Crippen molar-refractivity contribution in [2.75, 3.05) is 4.90 Å². The van der Waals surface area contributed by atoms with E-state index in [2.05, 4.69) is 243 Å². The van der Waals surface area contributed by atoms with E-state index in [9.17, 15) is 0 Å². The molecule has 12 rings (SSSR count). The van der Waals surface area contributed by atoms with Gasteiger partial charge in [0.1, 0.15) is 0 Å². The largest absolute Gasteiger partial charge is 0.310 e. The summed E-state index contributed by atoms with van der Waals surface area (Å²) in [6, 6.07) is 76.6. The van der Waals surface area contributed by atoms with Gasteiger partial charge in [0.05, 0.1) is 16.7 Å². The van der Waals surface area contributed by atoms with Crippen molar-refractivity contribution in [2.24, 2.45) is 0 Å². The van der Waals surface area contributed by atoms with E-state index in [-0.39, 0.29) is 10.8 Å². The Morgan fingerprint density at radius 1 is 0.355 bits per heavy atom. The molecule has 0 aliphatic heterocycles. The van der Waals surface area contributed by atoms with E-state index >= 15 is 0 Å². The van der Waals surface area contributed by atoms with E-state index in [0.29, 0.717) is 0 Å². The van der Waals surface area contributed by atoms with Crippen LogP contribution in [0, 0.1) is 0 Å². The second-order valence-electron chi connectivity index (χ2n) is 18.1. The van der Waals surface area contributed by atoms with E-state index < -0.39 is 0 Å². The molecule has 10 aromatic rings. The number of nitrogens with zero attached hydrogens (tertiary/aromatic N) is 2. The second-order valence-corrected chi connectivity index (χ2v) is 18.1. The molecule has 0 saturated heterocycles. The van der Waals surface area contributed by atoms with E-state index in [0.717, 1.165) is 22.7 Å². The standard InChI is InChI=1S/C60H46N2/c1-59(2)51-27-12-8-22-44(51)50-37-40(32-35-53(50)59)39-18-16-21-42(36-39)61(43-33-34-47-45-23-10-15-31-56(45)62(57(47)38-43)41-19-6-5-7-20-41)55-30-14-11-24-46(55)48-26-17-29-54-58(48)49-25-9-13-28-52(49)60(54,3)4/h5-38H,1-4H3. The SMILES string of the molecule is CC1(C)c2ccccc2-c2cc(-c3cccc(N(c4ccc5c6ccccc6n(-c6ccccc6)c5c4)c4ccccc4-c4cccc5c4-c4ccccc4C5(C)C)c3)ccc21. The first-order valence-electron chi connectivity index (χ1n) is 21.9. The van der Waals surface area contributed by atoms with Gasteiger partial charge in [-0.3, -0.25) is 0 Å². The molecule has 1 heterocycles. The summed E-state index contributed by atoms with van der Waals surface area (Å²) in [5.74, 6) is 0. The number of fused-ring (bicyclic) bond motifs is 9. The Labute approximate surface area is 364 Å². The van der Waals surface area contributed by atoms with Crippen molar-refractivity contribution >= 4 is 38.9 Å². The van der Waals surface area contributed by atoms with Crippen LogP contribution in [0.2, 0.25) is 0 Å². The Kier molecular flexibility index (Phi) is 7.96. The predicted octanol–water partition coefficient (Wildman–Crippen LogP) is 16.2. The number of benzene rings is 9. The molecule has 0 amide bonds. The normalized spacial score (nSPS) is 14.1. The smallest absolute Gasteiger partial charge is 0.0561 e. The van der Waals surface area contributed by atoms with Crippen LogP contribution in [0.4, 0.5) is 17.1 Å². The zero-order chi connectivity index (χ0) is 41.7. The Balaban J connectivity index is 1.10. The lowest BCUT2D eigenvalue weighted by Gasteiger charge is -2.29. The minimum Gasteiger partial charge on any atom is -0.310 e. The summed E-state index contributed by atoms with van der Waals surface area (Å²) < 4.78 is 2.42. The van der Waals surface area contributed by atoms with Crippen LogP contribution in [0.3, 0.4) is 0 Å². The van der Waals surface area contributed by atoms with Crippen LogP contribution in [0.25, 0.3) is 72.0 Å². The first-order valence-corrected chi connectivity index (χ1v) is 21.9. The molecule has 0 spiro atoms. The van der Waals surface area contributed by atoms with Gasteiger partial charge in [0.25, 0.3) is 0 Å². The molecule has 0 saturated carbocycles. The zero-order valence-electron chi connectivity index (χ0n) is 35.5. The summed E-state index contributed by atoms with van der Waals surface area (Å²) in [4.78, 5) is 2.49. The highest BCUT2D eigenvalue weighted by molar-refractivity contribution is 6.11. The Hall–Kier alpha value is -7.42. The number of hydrogen-bond donors (Lipinski definition) is 0. The van der Waals surface area contributed by atoms with E-state index in [1.54, 1.807) is 0 Å². The van der Waals surface area contributed by atoms with Crippen molar-refractivity contribution in [3.8, 4) is 50.2 Å². The number of rotatable bonds is 6. The number of para-hydroxylation sites is 3. The molecule has 2 heteroatoms. The first kappa shape index (κ1) is 36.4. The highest BCUT2D eigenvalue weighted by Crippen LogP contribution is 2.54. The fraction of sp³-hybridized carbons (Fsp3) is 0.100. The maximum Gasteiger partial charge on any atom is 0.0561 e. The van der Waals surface area contributed by atoms with Crippen molar-refractivity contribution in [3.05, 3.63) is 229 Å². The van der Waals surface area contributed by atoms with Crippen molar-refractivity contribution in [1.82, 2.24) is 4.57 Å². The van der Waals surface area contributed by atoms with Gasteiger partial charge in [0.2, 0.25) is 0 Å². The third kappa shape index (κ3) is 5.29. The van der Waals surface area contributed by atoms with Crippen molar-refractivity contribution in [1.29, 1.82) is 0 Å².